The maximum Gasteiger partial charge on any atom is 0.335 e. The number of rotatable bonds is 21. The molecule has 2 aromatic carbocycles. The molecule has 0 atom stereocenters. The highest BCUT2D eigenvalue weighted by Crippen LogP contribution is 2.27. The number of carbonyl (C=O) groups is 2. The summed E-state index contributed by atoms with van der Waals surface area (Å²) in [7, 11) is -0.538. The molecule has 0 spiro atoms. The number of carboxylic acids is 1. The quantitative estimate of drug-likeness (QED) is 0.0703. The molecule has 10 nitrogen and oxygen atoms in total. The van der Waals surface area contributed by atoms with E-state index >= 15 is 0 Å². The van der Waals surface area contributed by atoms with Gasteiger partial charge < -0.3 is 19.9 Å². The van der Waals surface area contributed by atoms with Crippen LogP contribution in [0.4, 0.5) is 0 Å². The summed E-state index contributed by atoms with van der Waals surface area (Å²) in [6.07, 6.45) is 18.8. The van der Waals surface area contributed by atoms with Crippen LogP contribution < -0.4 is 25.5 Å². The van der Waals surface area contributed by atoms with Crippen LogP contribution in [0.3, 0.4) is 0 Å². The lowest BCUT2D eigenvalue weighted by molar-refractivity contribution is 0.0696. The Hall–Kier alpha value is -3.15. The molecule has 242 valence electrons. The molecule has 0 heterocycles. The third-order valence-electron chi connectivity index (χ3n) is 7.03. The Kier molecular flexibility index (Phi) is 19.7. The zero-order valence-electron chi connectivity index (χ0n) is 26.0. The van der Waals surface area contributed by atoms with E-state index in [4.69, 9.17) is 20.4 Å². The summed E-state index contributed by atoms with van der Waals surface area (Å²) in [5.41, 5.74) is 0.619. The summed E-state index contributed by atoms with van der Waals surface area (Å²) in [5, 5.41) is 11.5. The van der Waals surface area contributed by atoms with Crippen molar-refractivity contribution >= 4 is 21.9 Å². The van der Waals surface area contributed by atoms with Gasteiger partial charge >= 0.3 is 5.97 Å². The number of methoxy groups -OCH3 is 2. The lowest BCUT2D eigenvalue weighted by Crippen LogP contribution is -2.30. The number of amides is 1. The van der Waals surface area contributed by atoms with Gasteiger partial charge in [-0.1, -0.05) is 90.4 Å². The van der Waals surface area contributed by atoms with Crippen LogP contribution in [0.2, 0.25) is 0 Å². The molecular weight excluding hydrogens is 570 g/mol. The molecule has 0 radical (unpaired) electrons. The van der Waals surface area contributed by atoms with Crippen LogP contribution in [0.15, 0.2) is 47.4 Å². The number of hydrogen-bond acceptors (Lipinski definition) is 7. The van der Waals surface area contributed by atoms with Gasteiger partial charge in [-0.3, -0.25) is 10.6 Å². The molecule has 0 aliphatic heterocycles. The largest absolute Gasteiger partial charge is 0.493 e. The molecule has 2 aromatic rings. The number of aromatic carboxylic acids is 1. The topological polar surface area (TPSA) is 157 Å². The van der Waals surface area contributed by atoms with E-state index in [9.17, 15) is 18.0 Å². The number of ether oxygens (including phenoxy) is 2. The molecule has 11 heteroatoms. The monoisotopic (exact) mass is 621 g/mol. The minimum absolute atomic E-state index is 0.0148. The van der Waals surface area contributed by atoms with Crippen molar-refractivity contribution in [3.05, 3.63) is 53.6 Å². The van der Waals surface area contributed by atoms with Gasteiger partial charge in [-0.2, -0.15) is 4.83 Å². The molecule has 0 aliphatic rings. The Morgan fingerprint density at radius 1 is 0.721 bits per heavy atom. The number of unbranched alkanes of at least 4 members (excludes halogenated alkanes) is 13. The molecule has 0 aliphatic carbocycles. The Labute approximate surface area is 257 Å². The molecule has 0 saturated heterocycles. The van der Waals surface area contributed by atoms with E-state index in [1.165, 1.54) is 108 Å². The van der Waals surface area contributed by atoms with Crippen molar-refractivity contribution in [2.24, 2.45) is 5.84 Å². The highest BCUT2D eigenvalue weighted by Gasteiger charge is 2.12. The molecular formula is C32H51N3O7S. The number of hydrazine groups is 1. The minimum Gasteiger partial charge on any atom is -0.493 e. The average molecular weight is 622 g/mol. The van der Waals surface area contributed by atoms with Gasteiger partial charge in [-0.25, -0.2) is 13.2 Å². The van der Waals surface area contributed by atoms with Crippen molar-refractivity contribution < 1.29 is 32.6 Å². The molecule has 0 fully saturated rings. The second-order valence-electron chi connectivity index (χ2n) is 10.4. The first-order valence-electron chi connectivity index (χ1n) is 15.3. The smallest absolute Gasteiger partial charge is 0.335 e. The normalized spacial score (nSPS) is 10.9. The van der Waals surface area contributed by atoms with E-state index in [0.717, 1.165) is 13.0 Å². The van der Waals surface area contributed by atoms with Gasteiger partial charge in [0.05, 0.1) is 24.7 Å². The van der Waals surface area contributed by atoms with Crippen molar-refractivity contribution in [3.8, 4) is 11.5 Å². The van der Waals surface area contributed by atoms with Gasteiger partial charge in [0.25, 0.3) is 15.9 Å². The van der Waals surface area contributed by atoms with Crippen LogP contribution in [0.1, 0.15) is 118 Å². The Bertz CT molecular complexity index is 1170. The molecule has 0 aromatic heterocycles. The van der Waals surface area contributed by atoms with E-state index in [-0.39, 0.29) is 16.4 Å². The number of sulfonamides is 1. The Morgan fingerprint density at radius 2 is 1.19 bits per heavy atom. The predicted octanol–water partition coefficient (Wildman–Crippen LogP) is 6.45. The zero-order chi connectivity index (χ0) is 31.9. The molecule has 0 bridgehead atoms. The second kappa shape index (κ2) is 22.4. The Morgan fingerprint density at radius 3 is 1.63 bits per heavy atom. The summed E-state index contributed by atoms with van der Waals surface area (Å²) in [4.78, 5) is 24.2. The van der Waals surface area contributed by atoms with Crippen molar-refractivity contribution in [2.45, 2.75) is 102 Å². The average Bonchev–Trinajstić information content (AvgIpc) is 3.02. The summed E-state index contributed by atoms with van der Waals surface area (Å²) in [6, 6.07) is 9.96. The summed E-state index contributed by atoms with van der Waals surface area (Å²) >= 11 is 0. The fraction of sp³-hybridized carbons (Fsp3) is 0.562. The number of hydrogen-bond donors (Lipinski definition) is 4. The SMILES string of the molecule is CCCCCCCCCCCCCCCCNC(=O)c1ccc(OC)c(OC)c1.NNS(=O)(=O)c1ccc(C(=O)O)cc1. The third-order valence-corrected chi connectivity index (χ3v) is 8.23. The summed E-state index contributed by atoms with van der Waals surface area (Å²) in [5.74, 6) is 4.83. The number of carbonyl (C=O) groups excluding carboxylic acids is 1. The first-order chi connectivity index (χ1) is 20.7. The van der Waals surface area contributed by atoms with Crippen molar-refractivity contribution in [2.75, 3.05) is 20.8 Å². The predicted molar refractivity (Wildman–Crippen MR) is 170 cm³/mol. The zero-order valence-corrected chi connectivity index (χ0v) is 26.8. The summed E-state index contributed by atoms with van der Waals surface area (Å²) < 4.78 is 32.7. The highest BCUT2D eigenvalue weighted by atomic mass is 32.2. The standard InChI is InChI=1S/C25H43NO3.C7H8N2O4S/c1-4-5-6-7-8-9-10-11-12-13-14-15-16-17-20-26-25(27)22-18-19-23(28-2)24(21-22)29-3;8-9-14(12,13)6-3-1-5(2-4-6)7(10)11/h18-19,21H,4-17,20H2,1-3H3,(H,26,27);1-4,9H,8H2,(H,10,11). The van der Waals surface area contributed by atoms with Gasteiger partial charge in [-0.15, -0.1) is 0 Å². The van der Waals surface area contributed by atoms with Crippen molar-refractivity contribution in [1.82, 2.24) is 10.1 Å². The first kappa shape index (κ1) is 37.9. The first-order valence-corrected chi connectivity index (χ1v) is 16.7. The van der Waals surface area contributed by atoms with Gasteiger partial charge in [0.1, 0.15) is 0 Å². The van der Waals surface area contributed by atoms with Crippen LogP contribution in [-0.2, 0) is 10.0 Å². The molecule has 0 unspecified atom stereocenters. The van der Waals surface area contributed by atoms with Crippen LogP contribution in [0.25, 0.3) is 0 Å². The molecule has 5 N–H and O–H groups in total. The van der Waals surface area contributed by atoms with Crippen LogP contribution in [-0.4, -0.2) is 46.2 Å². The number of benzene rings is 2. The molecule has 43 heavy (non-hydrogen) atoms. The Balaban J connectivity index is 0.000000549. The molecule has 0 saturated carbocycles. The third kappa shape index (κ3) is 15.8. The summed E-state index contributed by atoms with van der Waals surface area (Å²) in [6.45, 7) is 3.00. The fourth-order valence-electron chi connectivity index (χ4n) is 4.45. The van der Waals surface area contributed by atoms with Crippen molar-refractivity contribution in [1.29, 1.82) is 0 Å². The molecule has 2 rings (SSSR count). The maximum absolute atomic E-state index is 12.2. The van der Waals surface area contributed by atoms with Gasteiger partial charge in [0, 0.05) is 12.1 Å². The fourth-order valence-corrected chi connectivity index (χ4v) is 5.08. The van der Waals surface area contributed by atoms with Crippen molar-refractivity contribution in [3.63, 3.8) is 0 Å². The maximum atomic E-state index is 12.2. The number of carboxylic acid groups (broad SMARTS) is 1. The minimum atomic E-state index is -3.71. The van der Waals surface area contributed by atoms with E-state index in [2.05, 4.69) is 12.2 Å². The molecule has 1 amide bonds. The lowest BCUT2D eigenvalue weighted by Gasteiger charge is -2.10. The van der Waals surface area contributed by atoms with E-state index < -0.39 is 16.0 Å². The van der Waals surface area contributed by atoms with Crippen LogP contribution >= 0.6 is 0 Å². The van der Waals surface area contributed by atoms with Crippen LogP contribution in [0, 0.1) is 0 Å². The number of nitrogens with two attached hydrogens (primary N) is 1. The number of nitrogens with one attached hydrogen (secondary N) is 2. The lowest BCUT2D eigenvalue weighted by atomic mass is 10.0. The van der Waals surface area contributed by atoms with Crippen LogP contribution in [0.5, 0.6) is 11.5 Å². The van der Waals surface area contributed by atoms with E-state index in [0.29, 0.717) is 17.1 Å². The van der Waals surface area contributed by atoms with E-state index in [1.807, 2.05) is 0 Å². The van der Waals surface area contributed by atoms with Gasteiger partial charge in [0.15, 0.2) is 11.5 Å². The van der Waals surface area contributed by atoms with E-state index in [1.54, 1.807) is 37.2 Å². The van der Waals surface area contributed by atoms with Gasteiger partial charge in [0.2, 0.25) is 0 Å². The highest BCUT2D eigenvalue weighted by molar-refractivity contribution is 7.89. The second-order valence-corrected chi connectivity index (χ2v) is 12.1. The van der Waals surface area contributed by atoms with Gasteiger partial charge in [-0.05, 0) is 48.9 Å².